The smallest absolute Gasteiger partial charge is 0.266 e. The maximum Gasteiger partial charge on any atom is 0.266 e. The maximum absolute atomic E-state index is 12.1. The van der Waals surface area contributed by atoms with Crippen molar-refractivity contribution in [2.24, 2.45) is 0 Å². The van der Waals surface area contributed by atoms with Gasteiger partial charge in [0.05, 0.1) is 6.04 Å². The Morgan fingerprint density at radius 1 is 1.42 bits per heavy atom. The van der Waals surface area contributed by atoms with Gasteiger partial charge in [0, 0.05) is 13.6 Å². The summed E-state index contributed by atoms with van der Waals surface area (Å²) in [7, 11) is 1.81. The number of hydrogen-bond donors (Lipinski definition) is 1. The van der Waals surface area contributed by atoms with Gasteiger partial charge in [0.15, 0.2) is 6.23 Å². The molecule has 4 heteroatoms. The summed E-state index contributed by atoms with van der Waals surface area (Å²) in [6, 6.07) is 9.99. The van der Waals surface area contributed by atoms with Crippen molar-refractivity contribution in [2.45, 2.75) is 25.3 Å². The molecule has 1 unspecified atom stereocenters. The van der Waals surface area contributed by atoms with Crippen LogP contribution in [0.1, 0.15) is 18.6 Å². The quantitative estimate of drug-likeness (QED) is 0.838. The standard InChI is InChI=1S/C15H20N2O2/c1-4-10-16-14-15(18)17(3)11(2)13(19-14)12-8-6-5-7-9-12/h4-9,11,13-14,16H,1,10H2,2-3H3/t11-,13+,14?/m0/s1. The van der Waals surface area contributed by atoms with E-state index < -0.39 is 6.23 Å². The number of benzene rings is 1. The van der Waals surface area contributed by atoms with Gasteiger partial charge in [-0.25, -0.2) is 0 Å². The summed E-state index contributed by atoms with van der Waals surface area (Å²) in [5, 5.41) is 3.04. The van der Waals surface area contributed by atoms with Gasteiger partial charge in [0.25, 0.3) is 5.91 Å². The average molecular weight is 260 g/mol. The Kier molecular flexibility index (Phi) is 4.35. The van der Waals surface area contributed by atoms with Crippen molar-refractivity contribution < 1.29 is 9.53 Å². The molecule has 0 spiro atoms. The molecule has 1 N–H and O–H groups in total. The number of morpholine rings is 1. The molecule has 3 atom stereocenters. The molecule has 0 radical (unpaired) electrons. The molecule has 1 heterocycles. The number of carbonyl (C=O) groups is 1. The van der Waals surface area contributed by atoms with Crippen LogP contribution >= 0.6 is 0 Å². The normalized spacial score (nSPS) is 27.4. The Morgan fingerprint density at radius 3 is 2.74 bits per heavy atom. The highest BCUT2D eigenvalue weighted by atomic mass is 16.5. The van der Waals surface area contributed by atoms with Gasteiger partial charge in [-0.2, -0.15) is 0 Å². The average Bonchev–Trinajstić information content (AvgIpc) is 2.45. The molecular formula is C15H20N2O2. The van der Waals surface area contributed by atoms with Crippen molar-refractivity contribution in [1.29, 1.82) is 0 Å². The predicted molar refractivity (Wildman–Crippen MR) is 74.5 cm³/mol. The van der Waals surface area contributed by atoms with Gasteiger partial charge in [-0.15, -0.1) is 6.58 Å². The number of likely N-dealkylation sites (N-methyl/N-ethyl adjacent to an activating group) is 1. The van der Waals surface area contributed by atoms with E-state index in [9.17, 15) is 4.79 Å². The van der Waals surface area contributed by atoms with Crippen molar-refractivity contribution in [3.8, 4) is 0 Å². The summed E-state index contributed by atoms with van der Waals surface area (Å²) in [5.41, 5.74) is 1.08. The van der Waals surface area contributed by atoms with E-state index in [4.69, 9.17) is 4.74 Å². The van der Waals surface area contributed by atoms with Crippen molar-refractivity contribution in [3.63, 3.8) is 0 Å². The van der Waals surface area contributed by atoms with Crippen LogP contribution in [0.25, 0.3) is 0 Å². The number of amides is 1. The minimum atomic E-state index is -0.607. The number of nitrogens with zero attached hydrogens (tertiary/aromatic N) is 1. The molecule has 1 aliphatic rings. The van der Waals surface area contributed by atoms with Crippen molar-refractivity contribution >= 4 is 5.91 Å². The fourth-order valence-corrected chi connectivity index (χ4v) is 2.23. The lowest BCUT2D eigenvalue weighted by molar-refractivity contribution is -0.172. The van der Waals surface area contributed by atoms with Gasteiger partial charge in [-0.05, 0) is 12.5 Å². The van der Waals surface area contributed by atoms with Crippen LogP contribution in [0.5, 0.6) is 0 Å². The largest absolute Gasteiger partial charge is 0.344 e. The van der Waals surface area contributed by atoms with Crippen LogP contribution in [0.3, 0.4) is 0 Å². The summed E-state index contributed by atoms with van der Waals surface area (Å²) < 4.78 is 5.92. The molecule has 0 aromatic heterocycles. The summed E-state index contributed by atoms with van der Waals surface area (Å²) in [6.45, 7) is 6.18. The first kappa shape index (κ1) is 13.8. The minimum Gasteiger partial charge on any atom is -0.344 e. The summed E-state index contributed by atoms with van der Waals surface area (Å²) in [6.07, 6.45) is 0.988. The minimum absolute atomic E-state index is 0.0108. The van der Waals surface area contributed by atoms with Gasteiger partial charge in [-0.1, -0.05) is 36.4 Å². The third kappa shape index (κ3) is 2.85. The van der Waals surface area contributed by atoms with Gasteiger partial charge in [-0.3, -0.25) is 10.1 Å². The molecule has 0 aliphatic carbocycles. The number of hydrogen-bond acceptors (Lipinski definition) is 3. The Labute approximate surface area is 114 Å². The Hall–Kier alpha value is -1.65. The van der Waals surface area contributed by atoms with Crippen LogP contribution < -0.4 is 5.32 Å². The lowest BCUT2D eigenvalue weighted by atomic mass is 10.0. The van der Waals surface area contributed by atoms with Crippen LogP contribution in [-0.2, 0) is 9.53 Å². The molecule has 1 amide bonds. The molecule has 1 aromatic carbocycles. The molecule has 102 valence electrons. The van der Waals surface area contributed by atoms with Crippen LogP contribution in [-0.4, -0.2) is 36.7 Å². The zero-order chi connectivity index (χ0) is 13.8. The molecule has 0 bridgehead atoms. The molecule has 1 saturated heterocycles. The fourth-order valence-electron chi connectivity index (χ4n) is 2.23. The first-order valence-electron chi connectivity index (χ1n) is 6.46. The Bertz CT molecular complexity index is 447. The van der Waals surface area contributed by atoms with Gasteiger partial charge >= 0.3 is 0 Å². The number of rotatable bonds is 4. The van der Waals surface area contributed by atoms with Crippen LogP contribution in [0, 0.1) is 0 Å². The number of ether oxygens (including phenoxy) is 1. The van der Waals surface area contributed by atoms with Crippen LogP contribution in [0.4, 0.5) is 0 Å². The van der Waals surface area contributed by atoms with E-state index >= 15 is 0 Å². The third-order valence-corrected chi connectivity index (χ3v) is 3.48. The molecule has 1 aromatic rings. The van der Waals surface area contributed by atoms with E-state index in [0.29, 0.717) is 6.54 Å². The summed E-state index contributed by atoms with van der Waals surface area (Å²) >= 11 is 0. The second-order valence-electron chi connectivity index (χ2n) is 4.73. The number of carbonyl (C=O) groups excluding carboxylic acids is 1. The van der Waals surface area contributed by atoms with E-state index in [0.717, 1.165) is 5.56 Å². The van der Waals surface area contributed by atoms with E-state index in [2.05, 4.69) is 11.9 Å². The van der Waals surface area contributed by atoms with Crippen LogP contribution in [0.2, 0.25) is 0 Å². The molecule has 2 rings (SSSR count). The van der Waals surface area contributed by atoms with Gasteiger partial charge in [0.1, 0.15) is 6.10 Å². The fraction of sp³-hybridized carbons (Fsp3) is 0.400. The summed E-state index contributed by atoms with van der Waals surface area (Å²) in [5.74, 6) is -0.0402. The first-order chi connectivity index (χ1) is 9.15. The molecule has 19 heavy (non-hydrogen) atoms. The zero-order valence-corrected chi connectivity index (χ0v) is 11.4. The lowest BCUT2D eigenvalue weighted by Gasteiger charge is -2.41. The Balaban J connectivity index is 2.19. The van der Waals surface area contributed by atoms with Gasteiger partial charge < -0.3 is 9.64 Å². The SMILES string of the molecule is C=CCNC1O[C@@H](c2ccccc2)[C@H](C)N(C)C1=O. The highest BCUT2D eigenvalue weighted by Crippen LogP contribution is 2.29. The molecule has 1 fully saturated rings. The Morgan fingerprint density at radius 2 is 2.11 bits per heavy atom. The van der Waals surface area contributed by atoms with Crippen molar-refractivity contribution in [1.82, 2.24) is 10.2 Å². The van der Waals surface area contributed by atoms with Gasteiger partial charge in [0.2, 0.25) is 0 Å². The lowest BCUT2D eigenvalue weighted by Crippen LogP contribution is -2.56. The highest BCUT2D eigenvalue weighted by Gasteiger charge is 2.38. The van der Waals surface area contributed by atoms with E-state index in [1.165, 1.54) is 0 Å². The topological polar surface area (TPSA) is 41.6 Å². The number of nitrogens with one attached hydrogen (secondary N) is 1. The zero-order valence-electron chi connectivity index (χ0n) is 11.4. The second kappa shape index (κ2) is 5.99. The summed E-state index contributed by atoms with van der Waals surface area (Å²) in [4.78, 5) is 13.9. The monoisotopic (exact) mass is 260 g/mol. The predicted octanol–water partition coefficient (Wildman–Crippen LogP) is 1.71. The van der Waals surface area contributed by atoms with E-state index in [1.54, 1.807) is 11.0 Å². The molecule has 4 nitrogen and oxygen atoms in total. The van der Waals surface area contributed by atoms with Crippen molar-refractivity contribution in [2.75, 3.05) is 13.6 Å². The van der Waals surface area contributed by atoms with E-state index in [1.807, 2.05) is 44.3 Å². The third-order valence-electron chi connectivity index (χ3n) is 3.48. The van der Waals surface area contributed by atoms with Crippen molar-refractivity contribution in [3.05, 3.63) is 48.6 Å². The molecular weight excluding hydrogens is 240 g/mol. The first-order valence-corrected chi connectivity index (χ1v) is 6.46. The second-order valence-corrected chi connectivity index (χ2v) is 4.73. The maximum atomic E-state index is 12.1. The van der Waals surface area contributed by atoms with E-state index in [-0.39, 0.29) is 18.1 Å². The molecule has 1 aliphatic heterocycles. The molecule has 0 saturated carbocycles. The highest BCUT2D eigenvalue weighted by molar-refractivity contribution is 5.81. The van der Waals surface area contributed by atoms with Crippen LogP contribution in [0.15, 0.2) is 43.0 Å².